The molecule has 0 bridgehead atoms. The number of nitrogens with zero attached hydrogens (tertiary/aromatic N) is 3. The van der Waals surface area contributed by atoms with Gasteiger partial charge >= 0.3 is 5.97 Å². The van der Waals surface area contributed by atoms with Crippen molar-refractivity contribution in [1.82, 2.24) is 19.9 Å². The van der Waals surface area contributed by atoms with Gasteiger partial charge in [0.05, 0.1) is 6.20 Å². The molecule has 2 aromatic rings. The second kappa shape index (κ2) is 3.77. The molecule has 0 aromatic carbocycles. The number of imidazole rings is 1. The number of nitrogens with one attached hydrogen (secondary N) is 1. The number of aliphatic carboxylic acids is 1. The predicted octanol–water partition coefficient (Wildman–Crippen LogP) is 0.658. The Balaban J connectivity index is 1.87. The number of fused-ring (bicyclic) bond motifs is 1. The molecule has 2 aromatic heterocycles. The maximum Gasteiger partial charge on any atom is 0.332 e. The molecule has 0 spiro atoms. The Bertz CT molecular complexity index is 534. The summed E-state index contributed by atoms with van der Waals surface area (Å²) in [6.07, 6.45) is 3.15. The number of H-pyrrole nitrogens is 1. The Morgan fingerprint density at radius 1 is 1.53 bits per heavy atom. The number of ether oxygens (including phenoxy) is 1. The topological polar surface area (TPSA) is 101 Å². The van der Waals surface area contributed by atoms with E-state index in [1.165, 1.54) is 6.33 Å². The Hall–Kier alpha value is -2.02. The average Bonchev–Trinajstić information content (AvgIpc) is 2.95. The van der Waals surface area contributed by atoms with Crippen LogP contribution in [0.3, 0.4) is 0 Å². The number of carboxylic acids is 1. The molecule has 7 nitrogen and oxygen atoms in total. The van der Waals surface area contributed by atoms with Gasteiger partial charge in [-0.1, -0.05) is 0 Å². The summed E-state index contributed by atoms with van der Waals surface area (Å²) in [4.78, 5) is 26.0. The van der Waals surface area contributed by atoms with Crippen LogP contribution in [0.1, 0.15) is 24.8 Å². The smallest absolute Gasteiger partial charge is 0.332 e. The molecule has 0 amide bonds. The monoisotopic (exact) mass is 234 g/mol. The van der Waals surface area contributed by atoms with Crippen molar-refractivity contribution < 1.29 is 14.6 Å². The van der Waals surface area contributed by atoms with E-state index in [0.29, 0.717) is 24.3 Å². The molecule has 7 heteroatoms. The molecule has 88 valence electrons. The summed E-state index contributed by atoms with van der Waals surface area (Å²) in [6, 6.07) is 0. The maximum absolute atomic E-state index is 10.8. The highest BCUT2D eigenvalue weighted by atomic mass is 16.5. The van der Waals surface area contributed by atoms with Crippen molar-refractivity contribution in [3.8, 4) is 0 Å². The predicted molar refractivity (Wildman–Crippen MR) is 56.2 cm³/mol. The van der Waals surface area contributed by atoms with Crippen molar-refractivity contribution in [3.05, 3.63) is 18.3 Å². The lowest BCUT2D eigenvalue weighted by molar-refractivity contribution is -0.149. The van der Waals surface area contributed by atoms with Gasteiger partial charge in [0.1, 0.15) is 23.8 Å². The Morgan fingerprint density at radius 3 is 3.12 bits per heavy atom. The van der Waals surface area contributed by atoms with E-state index in [0.717, 1.165) is 5.52 Å². The Labute approximate surface area is 95.9 Å². The van der Waals surface area contributed by atoms with Crippen LogP contribution in [0.2, 0.25) is 0 Å². The summed E-state index contributed by atoms with van der Waals surface area (Å²) in [6.45, 7) is 0. The average molecular weight is 234 g/mol. The standard InChI is InChI=1S/C10H10N4O3/c15-10(16)7-2-1-6(17-7)9-13-5-3-11-4-12-8(5)14-9/h3-4,6-7H,1-2H2,(H,15,16)(H,11,12,13,14). The lowest BCUT2D eigenvalue weighted by atomic mass is 10.2. The van der Waals surface area contributed by atoms with Crippen LogP contribution in [0, 0.1) is 0 Å². The Kier molecular flexibility index (Phi) is 2.25. The van der Waals surface area contributed by atoms with Crippen molar-refractivity contribution in [3.63, 3.8) is 0 Å². The molecule has 0 radical (unpaired) electrons. The van der Waals surface area contributed by atoms with E-state index in [9.17, 15) is 4.79 Å². The highest BCUT2D eigenvalue weighted by Crippen LogP contribution is 2.31. The van der Waals surface area contributed by atoms with Gasteiger partial charge in [-0.25, -0.2) is 19.7 Å². The lowest BCUT2D eigenvalue weighted by Crippen LogP contribution is -2.18. The first-order chi connectivity index (χ1) is 8.24. The zero-order valence-electron chi connectivity index (χ0n) is 8.83. The van der Waals surface area contributed by atoms with Crippen LogP contribution in [0.15, 0.2) is 12.5 Å². The molecule has 3 heterocycles. The third-order valence-corrected chi connectivity index (χ3v) is 2.78. The molecule has 3 rings (SSSR count). The van der Waals surface area contributed by atoms with Crippen LogP contribution in [0.5, 0.6) is 0 Å². The molecule has 2 unspecified atom stereocenters. The molecule has 0 aliphatic carbocycles. The molecular formula is C10H10N4O3. The van der Waals surface area contributed by atoms with Gasteiger partial charge in [-0.3, -0.25) is 0 Å². The van der Waals surface area contributed by atoms with Gasteiger partial charge in [-0.05, 0) is 12.8 Å². The summed E-state index contributed by atoms with van der Waals surface area (Å²) in [5.41, 5.74) is 1.29. The molecule has 17 heavy (non-hydrogen) atoms. The highest BCUT2D eigenvalue weighted by Gasteiger charge is 2.33. The molecule has 2 atom stereocenters. The largest absolute Gasteiger partial charge is 0.479 e. The van der Waals surface area contributed by atoms with Crippen LogP contribution in [0.4, 0.5) is 0 Å². The van der Waals surface area contributed by atoms with E-state index in [2.05, 4.69) is 19.9 Å². The minimum atomic E-state index is -0.927. The fourth-order valence-corrected chi connectivity index (χ4v) is 1.95. The van der Waals surface area contributed by atoms with Crippen LogP contribution in [-0.2, 0) is 9.53 Å². The fraction of sp³-hybridized carbons (Fsp3) is 0.400. The first kappa shape index (κ1) is 10.2. The zero-order chi connectivity index (χ0) is 11.8. The van der Waals surface area contributed by atoms with E-state index in [1.807, 2.05) is 0 Å². The van der Waals surface area contributed by atoms with Gasteiger partial charge in [0.25, 0.3) is 0 Å². The van der Waals surface area contributed by atoms with Crippen LogP contribution >= 0.6 is 0 Å². The third-order valence-electron chi connectivity index (χ3n) is 2.78. The number of aromatic nitrogens is 4. The number of hydrogen-bond acceptors (Lipinski definition) is 5. The SMILES string of the molecule is O=C(O)C1CCC(c2nc3ncncc3[nH]2)O1. The van der Waals surface area contributed by atoms with Gasteiger partial charge in [0, 0.05) is 0 Å². The summed E-state index contributed by atoms with van der Waals surface area (Å²) >= 11 is 0. The van der Waals surface area contributed by atoms with E-state index in [4.69, 9.17) is 9.84 Å². The summed E-state index contributed by atoms with van der Waals surface area (Å²) < 4.78 is 5.40. The van der Waals surface area contributed by atoms with E-state index < -0.39 is 12.1 Å². The van der Waals surface area contributed by atoms with Crippen molar-refractivity contribution in [2.45, 2.75) is 25.0 Å². The summed E-state index contributed by atoms with van der Waals surface area (Å²) in [5.74, 6) is -0.312. The quantitative estimate of drug-likeness (QED) is 0.791. The molecule has 1 aliphatic rings. The van der Waals surface area contributed by atoms with Crippen molar-refractivity contribution >= 4 is 17.1 Å². The maximum atomic E-state index is 10.8. The minimum Gasteiger partial charge on any atom is -0.479 e. The van der Waals surface area contributed by atoms with Crippen molar-refractivity contribution in [1.29, 1.82) is 0 Å². The zero-order valence-corrected chi connectivity index (χ0v) is 8.83. The molecule has 0 saturated carbocycles. The summed E-state index contributed by atoms with van der Waals surface area (Å²) in [7, 11) is 0. The van der Waals surface area contributed by atoms with E-state index >= 15 is 0 Å². The van der Waals surface area contributed by atoms with Crippen molar-refractivity contribution in [2.24, 2.45) is 0 Å². The minimum absolute atomic E-state index is 0.301. The molecule has 2 N–H and O–H groups in total. The number of rotatable bonds is 2. The number of hydrogen-bond donors (Lipinski definition) is 2. The molecule has 1 aliphatic heterocycles. The van der Waals surface area contributed by atoms with Gasteiger partial charge in [0.15, 0.2) is 11.8 Å². The van der Waals surface area contributed by atoms with E-state index in [1.54, 1.807) is 6.20 Å². The number of carbonyl (C=O) groups is 1. The molecule has 1 fully saturated rings. The van der Waals surface area contributed by atoms with Crippen molar-refractivity contribution in [2.75, 3.05) is 0 Å². The van der Waals surface area contributed by atoms with E-state index in [-0.39, 0.29) is 6.10 Å². The van der Waals surface area contributed by atoms with Crippen LogP contribution in [0.25, 0.3) is 11.2 Å². The third kappa shape index (κ3) is 1.74. The second-order valence-corrected chi connectivity index (χ2v) is 3.91. The summed E-state index contributed by atoms with van der Waals surface area (Å²) in [5, 5.41) is 8.84. The van der Waals surface area contributed by atoms with Crippen LogP contribution < -0.4 is 0 Å². The highest BCUT2D eigenvalue weighted by molar-refractivity contribution is 5.72. The lowest BCUT2D eigenvalue weighted by Gasteiger charge is -2.07. The van der Waals surface area contributed by atoms with Gasteiger partial charge in [0.2, 0.25) is 0 Å². The van der Waals surface area contributed by atoms with Gasteiger partial charge < -0.3 is 14.8 Å². The first-order valence-electron chi connectivity index (χ1n) is 5.28. The number of aromatic amines is 1. The first-order valence-corrected chi connectivity index (χ1v) is 5.28. The normalized spacial score (nSPS) is 24.2. The molecule has 1 saturated heterocycles. The Morgan fingerprint density at radius 2 is 2.41 bits per heavy atom. The second-order valence-electron chi connectivity index (χ2n) is 3.91. The number of carboxylic acid groups (broad SMARTS) is 1. The fourth-order valence-electron chi connectivity index (χ4n) is 1.95. The van der Waals surface area contributed by atoms with Crippen LogP contribution in [-0.4, -0.2) is 37.1 Å². The van der Waals surface area contributed by atoms with Gasteiger partial charge in [-0.15, -0.1) is 0 Å². The molecular weight excluding hydrogens is 224 g/mol. The van der Waals surface area contributed by atoms with Gasteiger partial charge in [-0.2, -0.15) is 0 Å².